The van der Waals surface area contributed by atoms with Crippen LogP contribution in [0.25, 0.3) is 0 Å². The van der Waals surface area contributed by atoms with Crippen molar-refractivity contribution in [3.8, 4) is 0 Å². The first-order valence-electron chi connectivity index (χ1n) is 6.67. The SMILES string of the molecule is CC1CCCC(CC2Cc3ccccc32)N1. The Labute approximate surface area is 98.3 Å². The van der Waals surface area contributed by atoms with Crippen molar-refractivity contribution in [2.45, 2.75) is 57.0 Å². The average molecular weight is 215 g/mol. The normalized spacial score (nSPS) is 32.9. The van der Waals surface area contributed by atoms with Gasteiger partial charge in [-0.1, -0.05) is 30.7 Å². The maximum Gasteiger partial charge on any atom is 0.00754 e. The van der Waals surface area contributed by atoms with E-state index in [1.807, 2.05) is 0 Å². The van der Waals surface area contributed by atoms with Crippen LogP contribution in [-0.4, -0.2) is 12.1 Å². The maximum absolute atomic E-state index is 3.75. The van der Waals surface area contributed by atoms with Crippen LogP contribution in [0.5, 0.6) is 0 Å². The monoisotopic (exact) mass is 215 g/mol. The third-order valence-electron chi connectivity index (χ3n) is 4.24. The van der Waals surface area contributed by atoms with Gasteiger partial charge < -0.3 is 5.32 Å². The maximum atomic E-state index is 3.75. The zero-order chi connectivity index (χ0) is 11.0. The fraction of sp³-hybridized carbons (Fsp3) is 0.600. The molecule has 3 unspecified atom stereocenters. The Bertz CT molecular complexity index is 371. The van der Waals surface area contributed by atoms with Gasteiger partial charge in [0.25, 0.3) is 0 Å². The molecule has 0 bridgehead atoms. The van der Waals surface area contributed by atoms with Gasteiger partial charge in [0.15, 0.2) is 0 Å². The van der Waals surface area contributed by atoms with Crippen molar-refractivity contribution in [2.24, 2.45) is 0 Å². The third-order valence-corrected chi connectivity index (χ3v) is 4.24. The second-order valence-electron chi connectivity index (χ2n) is 5.53. The van der Waals surface area contributed by atoms with Crippen LogP contribution < -0.4 is 5.32 Å². The number of nitrogens with one attached hydrogen (secondary N) is 1. The Balaban J connectivity index is 1.61. The molecular formula is C15H21N. The van der Waals surface area contributed by atoms with Gasteiger partial charge in [-0.05, 0) is 49.7 Å². The van der Waals surface area contributed by atoms with Crippen LogP contribution in [-0.2, 0) is 6.42 Å². The molecule has 1 heteroatoms. The molecule has 1 nitrogen and oxygen atoms in total. The standard InChI is InChI=1S/C15H21N/c1-11-5-4-7-14(16-11)10-13-9-12-6-2-3-8-15(12)13/h2-3,6,8,11,13-14,16H,4-5,7,9-10H2,1H3. The minimum Gasteiger partial charge on any atom is -0.311 e. The Morgan fingerprint density at radius 2 is 2.12 bits per heavy atom. The third kappa shape index (κ3) is 1.89. The molecule has 0 aromatic heterocycles. The lowest BCUT2D eigenvalue weighted by atomic mass is 9.73. The van der Waals surface area contributed by atoms with E-state index in [1.54, 1.807) is 11.1 Å². The van der Waals surface area contributed by atoms with E-state index in [9.17, 15) is 0 Å². The summed E-state index contributed by atoms with van der Waals surface area (Å²) in [5, 5.41) is 3.75. The number of hydrogen-bond acceptors (Lipinski definition) is 1. The summed E-state index contributed by atoms with van der Waals surface area (Å²) in [7, 11) is 0. The molecule has 86 valence electrons. The first-order valence-corrected chi connectivity index (χ1v) is 6.67. The fourth-order valence-electron chi connectivity index (χ4n) is 3.34. The molecule has 1 saturated heterocycles. The van der Waals surface area contributed by atoms with E-state index in [0.29, 0.717) is 0 Å². The molecule has 3 atom stereocenters. The van der Waals surface area contributed by atoms with Gasteiger partial charge in [0.05, 0.1) is 0 Å². The van der Waals surface area contributed by atoms with Gasteiger partial charge in [-0.3, -0.25) is 0 Å². The van der Waals surface area contributed by atoms with Gasteiger partial charge in [0.2, 0.25) is 0 Å². The molecule has 3 rings (SSSR count). The van der Waals surface area contributed by atoms with E-state index in [4.69, 9.17) is 0 Å². The van der Waals surface area contributed by atoms with Crippen molar-refractivity contribution in [3.05, 3.63) is 35.4 Å². The Hall–Kier alpha value is -0.820. The largest absolute Gasteiger partial charge is 0.311 e. The first kappa shape index (κ1) is 10.3. The molecule has 0 saturated carbocycles. The van der Waals surface area contributed by atoms with E-state index < -0.39 is 0 Å². The molecule has 0 amide bonds. The lowest BCUT2D eigenvalue weighted by Crippen LogP contribution is -2.42. The molecule has 2 aliphatic rings. The van der Waals surface area contributed by atoms with Crippen LogP contribution in [0.1, 0.15) is 49.7 Å². The van der Waals surface area contributed by atoms with Crippen LogP contribution in [0.4, 0.5) is 0 Å². The summed E-state index contributed by atoms with van der Waals surface area (Å²) < 4.78 is 0. The molecule has 0 spiro atoms. The van der Waals surface area contributed by atoms with Crippen molar-refractivity contribution < 1.29 is 0 Å². The van der Waals surface area contributed by atoms with Crippen LogP contribution in [0, 0.1) is 0 Å². The van der Waals surface area contributed by atoms with E-state index in [2.05, 4.69) is 36.5 Å². The van der Waals surface area contributed by atoms with Crippen LogP contribution in [0.3, 0.4) is 0 Å². The van der Waals surface area contributed by atoms with Gasteiger partial charge in [-0.15, -0.1) is 0 Å². The van der Waals surface area contributed by atoms with Crippen molar-refractivity contribution >= 4 is 0 Å². The van der Waals surface area contributed by atoms with Gasteiger partial charge in [-0.25, -0.2) is 0 Å². The smallest absolute Gasteiger partial charge is 0.00754 e. The minimum absolute atomic E-state index is 0.731. The Morgan fingerprint density at radius 1 is 1.25 bits per heavy atom. The summed E-state index contributed by atoms with van der Waals surface area (Å²) in [4.78, 5) is 0. The van der Waals surface area contributed by atoms with E-state index >= 15 is 0 Å². The summed E-state index contributed by atoms with van der Waals surface area (Å²) >= 11 is 0. The molecule has 1 aromatic rings. The summed E-state index contributed by atoms with van der Waals surface area (Å²) in [5.74, 6) is 0.832. The lowest BCUT2D eigenvalue weighted by molar-refractivity contribution is 0.300. The lowest BCUT2D eigenvalue weighted by Gasteiger charge is -2.36. The topological polar surface area (TPSA) is 12.0 Å². The Morgan fingerprint density at radius 3 is 2.94 bits per heavy atom. The van der Waals surface area contributed by atoms with Gasteiger partial charge in [0, 0.05) is 12.1 Å². The average Bonchev–Trinajstić information content (AvgIpc) is 2.26. The highest BCUT2D eigenvalue weighted by Crippen LogP contribution is 2.38. The molecule has 1 N–H and O–H groups in total. The van der Waals surface area contributed by atoms with Crippen LogP contribution >= 0.6 is 0 Å². The minimum atomic E-state index is 0.731. The molecule has 1 heterocycles. The quantitative estimate of drug-likeness (QED) is 0.798. The molecule has 1 aliphatic carbocycles. The number of benzene rings is 1. The van der Waals surface area contributed by atoms with Gasteiger partial charge >= 0.3 is 0 Å². The predicted octanol–water partition coefficient (Wildman–Crippen LogP) is 3.25. The number of hydrogen-bond donors (Lipinski definition) is 1. The summed E-state index contributed by atoms with van der Waals surface area (Å²) in [5.41, 5.74) is 3.19. The molecule has 1 aromatic carbocycles. The highest BCUT2D eigenvalue weighted by Gasteiger charge is 2.29. The van der Waals surface area contributed by atoms with Crippen molar-refractivity contribution in [1.82, 2.24) is 5.32 Å². The molecular weight excluding hydrogens is 194 g/mol. The molecule has 0 radical (unpaired) electrons. The summed E-state index contributed by atoms with van der Waals surface area (Å²) in [6.45, 7) is 2.32. The fourth-order valence-corrected chi connectivity index (χ4v) is 3.34. The second kappa shape index (κ2) is 4.21. The van der Waals surface area contributed by atoms with Crippen molar-refractivity contribution in [3.63, 3.8) is 0 Å². The van der Waals surface area contributed by atoms with E-state index in [-0.39, 0.29) is 0 Å². The molecule has 1 fully saturated rings. The zero-order valence-electron chi connectivity index (χ0n) is 10.1. The van der Waals surface area contributed by atoms with E-state index in [1.165, 1.54) is 32.1 Å². The van der Waals surface area contributed by atoms with Crippen LogP contribution in [0.2, 0.25) is 0 Å². The highest BCUT2D eigenvalue weighted by atomic mass is 15.0. The van der Waals surface area contributed by atoms with E-state index in [0.717, 1.165) is 18.0 Å². The number of piperidine rings is 1. The Kier molecular flexibility index (Phi) is 2.72. The zero-order valence-corrected chi connectivity index (χ0v) is 10.1. The molecule has 16 heavy (non-hydrogen) atoms. The van der Waals surface area contributed by atoms with Crippen molar-refractivity contribution in [1.29, 1.82) is 0 Å². The first-order chi connectivity index (χ1) is 7.83. The van der Waals surface area contributed by atoms with Crippen LogP contribution in [0.15, 0.2) is 24.3 Å². The number of fused-ring (bicyclic) bond motifs is 1. The number of rotatable bonds is 2. The highest BCUT2D eigenvalue weighted by molar-refractivity contribution is 5.39. The predicted molar refractivity (Wildman–Crippen MR) is 67.7 cm³/mol. The summed E-state index contributed by atoms with van der Waals surface area (Å²) in [6, 6.07) is 10.4. The van der Waals surface area contributed by atoms with Gasteiger partial charge in [-0.2, -0.15) is 0 Å². The summed E-state index contributed by atoms with van der Waals surface area (Å²) in [6.07, 6.45) is 6.80. The second-order valence-corrected chi connectivity index (χ2v) is 5.53. The van der Waals surface area contributed by atoms with Crippen molar-refractivity contribution in [2.75, 3.05) is 0 Å². The molecule has 1 aliphatic heterocycles. The van der Waals surface area contributed by atoms with Gasteiger partial charge in [0.1, 0.15) is 0 Å².